The highest BCUT2D eigenvalue weighted by atomic mass is 16.5. The van der Waals surface area contributed by atoms with Gasteiger partial charge >= 0.3 is 0 Å². The number of carbonyl (C=O) groups excluding carboxylic acids is 1. The first-order valence-corrected chi connectivity index (χ1v) is 9.98. The lowest BCUT2D eigenvalue weighted by atomic mass is 9.72. The summed E-state index contributed by atoms with van der Waals surface area (Å²) in [6.07, 6.45) is 1.17. The smallest absolute Gasteiger partial charge is 0.233 e. The highest BCUT2D eigenvalue weighted by molar-refractivity contribution is 6.01. The summed E-state index contributed by atoms with van der Waals surface area (Å²) >= 11 is 0. The van der Waals surface area contributed by atoms with Crippen LogP contribution in [-0.2, 0) is 4.79 Å². The van der Waals surface area contributed by atoms with Crippen LogP contribution in [0.1, 0.15) is 47.1 Å². The fraction of sp³-hybridized carbons (Fsp3) is 0.250. The number of methoxy groups -OCH3 is 1. The van der Waals surface area contributed by atoms with E-state index in [0.717, 1.165) is 40.1 Å². The predicted octanol–water partition coefficient (Wildman–Crippen LogP) is 4.66. The first-order valence-electron chi connectivity index (χ1n) is 9.98. The van der Waals surface area contributed by atoms with Gasteiger partial charge in [0.1, 0.15) is 0 Å². The number of aromatic nitrogens is 1. The van der Waals surface area contributed by atoms with E-state index in [9.17, 15) is 9.90 Å². The number of fused-ring (bicyclic) bond motifs is 1. The summed E-state index contributed by atoms with van der Waals surface area (Å²) in [7, 11) is 1.51. The topological polar surface area (TPSA) is 84.6 Å². The van der Waals surface area contributed by atoms with E-state index in [1.807, 2.05) is 31.2 Å². The molecular weight excluding hydrogens is 380 g/mol. The molecule has 2 N–H and O–H groups in total. The summed E-state index contributed by atoms with van der Waals surface area (Å²) < 4.78 is 10.9. The van der Waals surface area contributed by atoms with Gasteiger partial charge in [0.15, 0.2) is 17.3 Å². The van der Waals surface area contributed by atoms with Crippen LogP contribution in [0.4, 0.5) is 5.88 Å². The van der Waals surface area contributed by atoms with E-state index in [1.165, 1.54) is 7.11 Å². The van der Waals surface area contributed by atoms with Crippen LogP contribution in [0.15, 0.2) is 64.3 Å². The van der Waals surface area contributed by atoms with Gasteiger partial charge in [0.2, 0.25) is 5.88 Å². The van der Waals surface area contributed by atoms with Crippen molar-refractivity contribution in [2.45, 2.75) is 31.6 Å². The molecular formula is C24H22N2O4. The molecule has 6 heteroatoms. The van der Waals surface area contributed by atoms with E-state index < -0.39 is 0 Å². The molecule has 0 amide bonds. The number of allylic oxidation sites excluding steroid dienone is 2. The molecule has 2 atom stereocenters. The van der Waals surface area contributed by atoms with Crippen LogP contribution in [0.5, 0.6) is 11.5 Å². The number of nitrogens with zero attached hydrogens (tertiary/aromatic N) is 1. The number of phenols is 1. The van der Waals surface area contributed by atoms with Crippen LogP contribution in [-0.4, -0.2) is 23.2 Å². The second kappa shape index (κ2) is 7.06. The van der Waals surface area contributed by atoms with Gasteiger partial charge in [-0.05, 0) is 42.5 Å². The molecule has 1 aliphatic heterocycles. The summed E-state index contributed by atoms with van der Waals surface area (Å²) in [5, 5.41) is 17.5. The summed E-state index contributed by atoms with van der Waals surface area (Å²) in [4.78, 5) is 13.4. The average Bonchev–Trinajstić information content (AvgIpc) is 3.13. The highest BCUT2D eigenvalue weighted by Crippen LogP contribution is 2.49. The molecule has 0 saturated heterocycles. The number of nitrogens with one attached hydrogen (secondary N) is 1. The lowest BCUT2D eigenvalue weighted by Gasteiger charge is -2.34. The Morgan fingerprint density at radius 1 is 1.13 bits per heavy atom. The molecule has 0 unspecified atom stereocenters. The van der Waals surface area contributed by atoms with Gasteiger partial charge < -0.3 is 19.7 Å². The minimum atomic E-state index is -0.318. The van der Waals surface area contributed by atoms with Crippen LogP contribution in [0.2, 0.25) is 0 Å². The second-order valence-corrected chi connectivity index (χ2v) is 7.83. The average molecular weight is 402 g/mol. The zero-order chi connectivity index (χ0) is 20.8. The summed E-state index contributed by atoms with van der Waals surface area (Å²) in [6, 6.07) is 15.3. The number of carbonyl (C=O) groups is 1. The number of hydrogen-bond acceptors (Lipinski definition) is 6. The van der Waals surface area contributed by atoms with Crippen molar-refractivity contribution in [1.82, 2.24) is 5.16 Å². The number of ether oxygens (including phenoxy) is 1. The summed E-state index contributed by atoms with van der Waals surface area (Å²) in [5.74, 6) is 0.914. The minimum Gasteiger partial charge on any atom is -0.504 e. The third kappa shape index (κ3) is 2.87. The third-order valence-corrected chi connectivity index (χ3v) is 6.07. The normalized spacial score (nSPS) is 20.4. The van der Waals surface area contributed by atoms with Crippen molar-refractivity contribution in [1.29, 1.82) is 0 Å². The van der Waals surface area contributed by atoms with Gasteiger partial charge in [0, 0.05) is 23.6 Å². The van der Waals surface area contributed by atoms with Crippen LogP contribution < -0.4 is 10.1 Å². The lowest BCUT2D eigenvalue weighted by molar-refractivity contribution is -0.116. The van der Waals surface area contributed by atoms with Crippen LogP contribution in [0, 0.1) is 6.92 Å². The number of aromatic hydroxyl groups is 1. The largest absolute Gasteiger partial charge is 0.504 e. The van der Waals surface area contributed by atoms with E-state index >= 15 is 0 Å². The maximum atomic E-state index is 13.4. The SMILES string of the molecule is COc1cc([C@H]2C3=C(C[C@@H](c4ccccc4)CC3=O)Nc3onc(C)c32)ccc1O. The molecule has 0 bridgehead atoms. The zero-order valence-electron chi connectivity index (χ0n) is 16.8. The lowest BCUT2D eigenvalue weighted by Crippen LogP contribution is -2.29. The van der Waals surface area contributed by atoms with Crippen LogP contribution in [0.3, 0.4) is 0 Å². The minimum absolute atomic E-state index is 0.0609. The molecule has 0 saturated carbocycles. The Bertz CT molecular complexity index is 1160. The van der Waals surface area contributed by atoms with Crippen molar-refractivity contribution in [2.24, 2.45) is 0 Å². The van der Waals surface area contributed by atoms with E-state index in [0.29, 0.717) is 18.1 Å². The van der Waals surface area contributed by atoms with Crippen LogP contribution >= 0.6 is 0 Å². The van der Waals surface area contributed by atoms with Crippen LogP contribution in [0.25, 0.3) is 0 Å². The van der Waals surface area contributed by atoms with E-state index in [2.05, 4.69) is 22.6 Å². The summed E-state index contributed by atoms with van der Waals surface area (Å²) in [5.41, 5.74) is 5.22. The van der Waals surface area contributed by atoms with Crippen molar-refractivity contribution in [2.75, 3.05) is 12.4 Å². The van der Waals surface area contributed by atoms with E-state index in [1.54, 1.807) is 12.1 Å². The first-order chi connectivity index (χ1) is 14.6. The Kier molecular flexibility index (Phi) is 4.35. The molecule has 0 spiro atoms. The van der Waals surface area contributed by atoms with Crippen molar-refractivity contribution < 1.29 is 19.2 Å². The number of phenolic OH excluding ortho intramolecular Hbond substituents is 1. The number of rotatable bonds is 3. The molecule has 5 rings (SSSR count). The standard InChI is InChI=1S/C24H22N2O4/c1-13-21-22(15-8-9-18(27)20(12-15)29-2)23-17(25-24(21)30-26-13)10-16(11-19(23)28)14-6-4-3-5-7-14/h3-9,12,16,22,25,27H,10-11H2,1-2H3/t16-,22-/m1/s1. The molecule has 1 aliphatic carbocycles. The highest BCUT2D eigenvalue weighted by Gasteiger charge is 2.41. The molecule has 0 fully saturated rings. The molecule has 2 aromatic carbocycles. The Labute approximate surface area is 174 Å². The van der Waals surface area contributed by atoms with Gasteiger partial charge in [-0.15, -0.1) is 0 Å². The van der Waals surface area contributed by atoms with Gasteiger partial charge in [-0.2, -0.15) is 0 Å². The number of aryl methyl sites for hydroxylation is 1. The zero-order valence-corrected chi connectivity index (χ0v) is 16.8. The van der Waals surface area contributed by atoms with Gasteiger partial charge in [-0.3, -0.25) is 4.79 Å². The maximum Gasteiger partial charge on any atom is 0.233 e. The molecule has 6 nitrogen and oxygen atoms in total. The fourth-order valence-corrected chi connectivity index (χ4v) is 4.64. The van der Waals surface area contributed by atoms with Crippen molar-refractivity contribution in [3.8, 4) is 11.5 Å². The Balaban J connectivity index is 1.64. The van der Waals surface area contributed by atoms with E-state index in [4.69, 9.17) is 9.26 Å². The maximum absolute atomic E-state index is 13.4. The monoisotopic (exact) mass is 402 g/mol. The first kappa shape index (κ1) is 18.5. The third-order valence-electron chi connectivity index (χ3n) is 6.07. The van der Waals surface area contributed by atoms with Gasteiger partial charge in [0.25, 0.3) is 0 Å². The quantitative estimate of drug-likeness (QED) is 0.663. The molecule has 2 heterocycles. The van der Waals surface area contributed by atoms with Crippen molar-refractivity contribution in [3.63, 3.8) is 0 Å². The van der Waals surface area contributed by atoms with Gasteiger partial charge in [-0.25, -0.2) is 0 Å². The molecule has 3 aromatic rings. The second-order valence-electron chi connectivity index (χ2n) is 7.83. The fourth-order valence-electron chi connectivity index (χ4n) is 4.64. The predicted molar refractivity (Wildman–Crippen MR) is 112 cm³/mol. The number of ketones is 1. The molecule has 2 aliphatic rings. The molecule has 30 heavy (non-hydrogen) atoms. The number of hydrogen-bond donors (Lipinski definition) is 2. The van der Waals surface area contributed by atoms with Crippen molar-refractivity contribution >= 4 is 11.7 Å². The number of benzene rings is 2. The van der Waals surface area contributed by atoms with Gasteiger partial charge in [-0.1, -0.05) is 41.6 Å². The molecule has 1 aromatic heterocycles. The Morgan fingerprint density at radius 2 is 1.93 bits per heavy atom. The number of anilines is 1. The number of Topliss-reactive ketones (excluding diaryl/α,β-unsaturated/α-hetero) is 1. The summed E-state index contributed by atoms with van der Waals surface area (Å²) in [6.45, 7) is 1.88. The molecule has 152 valence electrons. The van der Waals surface area contributed by atoms with Gasteiger partial charge in [0.05, 0.1) is 18.4 Å². The Hall–Kier alpha value is -3.54. The molecule has 0 radical (unpaired) electrons. The van der Waals surface area contributed by atoms with E-state index in [-0.39, 0.29) is 23.4 Å². The van der Waals surface area contributed by atoms with Crippen molar-refractivity contribution in [3.05, 3.63) is 82.2 Å². The Morgan fingerprint density at radius 3 is 2.70 bits per heavy atom.